The molecule has 0 bridgehead atoms. The van der Waals surface area contributed by atoms with Crippen molar-refractivity contribution in [3.63, 3.8) is 0 Å². The van der Waals surface area contributed by atoms with E-state index in [9.17, 15) is 13.6 Å². The number of nitrogens with one attached hydrogen (secondary N) is 2. The van der Waals surface area contributed by atoms with Crippen molar-refractivity contribution in [1.29, 1.82) is 0 Å². The van der Waals surface area contributed by atoms with Gasteiger partial charge in [0.25, 0.3) is 5.92 Å². The zero-order chi connectivity index (χ0) is 13.9. The Labute approximate surface area is 112 Å². The van der Waals surface area contributed by atoms with Gasteiger partial charge in [-0.1, -0.05) is 6.92 Å². The lowest BCUT2D eigenvalue weighted by atomic mass is 10.0. The van der Waals surface area contributed by atoms with E-state index in [1.54, 1.807) is 0 Å². The fourth-order valence-electron chi connectivity index (χ4n) is 2.82. The largest absolute Gasteiger partial charge is 0.352 e. The predicted octanol–water partition coefficient (Wildman–Crippen LogP) is 0.974. The predicted molar refractivity (Wildman–Crippen MR) is 69.3 cm³/mol. The van der Waals surface area contributed by atoms with Crippen molar-refractivity contribution >= 4 is 5.91 Å². The van der Waals surface area contributed by atoms with E-state index in [1.165, 1.54) is 0 Å². The molecule has 0 spiro atoms. The standard InChI is InChI=1S/C13H23F2N3O/c1-2-5-18-6-3-10(4-7-18)17-12(19)11-8-13(14,15)9-16-11/h10-11,16H,2-9H2,1H3,(H,17,19). The van der Waals surface area contributed by atoms with Crippen molar-refractivity contribution < 1.29 is 13.6 Å². The van der Waals surface area contributed by atoms with Crippen molar-refractivity contribution in [2.45, 2.75) is 50.6 Å². The van der Waals surface area contributed by atoms with Crippen LogP contribution in [0, 0.1) is 0 Å². The van der Waals surface area contributed by atoms with Crippen LogP contribution in [-0.2, 0) is 4.79 Å². The molecule has 1 amide bonds. The Morgan fingerprint density at radius 3 is 2.63 bits per heavy atom. The molecule has 2 N–H and O–H groups in total. The van der Waals surface area contributed by atoms with Crippen LogP contribution in [0.1, 0.15) is 32.6 Å². The normalized spacial score (nSPS) is 28.5. The first-order valence-electron chi connectivity index (χ1n) is 7.14. The Kier molecular flexibility index (Phi) is 4.73. The van der Waals surface area contributed by atoms with E-state index in [4.69, 9.17) is 0 Å². The van der Waals surface area contributed by atoms with Crippen LogP contribution in [0.2, 0.25) is 0 Å². The molecule has 2 saturated heterocycles. The summed E-state index contributed by atoms with van der Waals surface area (Å²) in [6.45, 7) is 4.82. The third kappa shape index (κ3) is 4.11. The van der Waals surface area contributed by atoms with Crippen LogP contribution in [0.5, 0.6) is 0 Å². The number of nitrogens with zero attached hydrogens (tertiary/aromatic N) is 1. The minimum atomic E-state index is -2.74. The highest BCUT2D eigenvalue weighted by Crippen LogP contribution is 2.25. The van der Waals surface area contributed by atoms with E-state index in [1.807, 2.05) is 0 Å². The molecule has 2 fully saturated rings. The summed E-state index contributed by atoms with van der Waals surface area (Å²) in [5, 5.41) is 5.49. The highest BCUT2D eigenvalue weighted by Gasteiger charge is 2.42. The maximum Gasteiger partial charge on any atom is 0.262 e. The number of hydrogen-bond acceptors (Lipinski definition) is 3. The molecule has 0 aromatic rings. The van der Waals surface area contributed by atoms with Crippen LogP contribution in [0.15, 0.2) is 0 Å². The van der Waals surface area contributed by atoms with Gasteiger partial charge in [0.15, 0.2) is 0 Å². The Balaban J connectivity index is 1.72. The Morgan fingerprint density at radius 1 is 1.42 bits per heavy atom. The molecule has 1 atom stereocenters. The minimum absolute atomic E-state index is 0.136. The van der Waals surface area contributed by atoms with Crippen molar-refractivity contribution in [3.8, 4) is 0 Å². The number of piperidine rings is 1. The molecule has 2 rings (SSSR count). The lowest BCUT2D eigenvalue weighted by Crippen LogP contribution is -2.49. The first kappa shape index (κ1) is 14.7. The lowest BCUT2D eigenvalue weighted by molar-refractivity contribution is -0.124. The Hall–Kier alpha value is -0.750. The van der Waals surface area contributed by atoms with Gasteiger partial charge in [-0.2, -0.15) is 0 Å². The van der Waals surface area contributed by atoms with E-state index in [-0.39, 0.29) is 24.9 Å². The molecule has 0 aromatic heterocycles. The molecule has 2 heterocycles. The molecule has 0 aromatic carbocycles. The van der Waals surface area contributed by atoms with Crippen molar-refractivity contribution in [2.75, 3.05) is 26.2 Å². The fourth-order valence-corrected chi connectivity index (χ4v) is 2.82. The SMILES string of the molecule is CCCN1CCC(NC(=O)C2CC(F)(F)CN2)CC1. The van der Waals surface area contributed by atoms with Crippen LogP contribution in [0.4, 0.5) is 8.78 Å². The van der Waals surface area contributed by atoms with E-state index in [0.717, 1.165) is 38.9 Å². The lowest BCUT2D eigenvalue weighted by Gasteiger charge is -2.32. The molecule has 1 unspecified atom stereocenters. The maximum absolute atomic E-state index is 13.0. The molecule has 4 nitrogen and oxygen atoms in total. The van der Waals surface area contributed by atoms with Crippen LogP contribution in [0.25, 0.3) is 0 Å². The van der Waals surface area contributed by atoms with Crippen molar-refractivity contribution in [3.05, 3.63) is 0 Å². The molecule has 0 radical (unpaired) electrons. The minimum Gasteiger partial charge on any atom is -0.352 e. The first-order chi connectivity index (χ1) is 9.00. The topological polar surface area (TPSA) is 44.4 Å². The summed E-state index contributed by atoms with van der Waals surface area (Å²) in [5.74, 6) is -3.02. The molecule has 0 aliphatic carbocycles. The van der Waals surface area contributed by atoms with Gasteiger partial charge < -0.3 is 10.2 Å². The number of amides is 1. The van der Waals surface area contributed by atoms with Gasteiger partial charge in [0, 0.05) is 25.6 Å². The molecule has 110 valence electrons. The molecule has 6 heteroatoms. The van der Waals surface area contributed by atoms with Crippen LogP contribution in [-0.4, -0.2) is 55.0 Å². The Morgan fingerprint density at radius 2 is 2.11 bits per heavy atom. The quantitative estimate of drug-likeness (QED) is 0.804. The van der Waals surface area contributed by atoms with Gasteiger partial charge in [-0.3, -0.25) is 10.1 Å². The summed E-state index contributed by atoms with van der Waals surface area (Å²) >= 11 is 0. The number of hydrogen-bond donors (Lipinski definition) is 2. The maximum atomic E-state index is 13.0. The molecular weight excluding hydrogens is 252 g/mol. The number of carbonyl (C=O) groups is 1. The second-order valence-electron chi connectivity index (χ2n) is 5.62. The van der Waals surface area contributed by atoms with Gasteiger partial charge in [0.1, 0.15) is 0 Å². The summed E-state index contributed by atoms with van der Waals surface area (Å²) in [7, 11) is 0. The summed E-state index contributed by atoms with van der Waals surface area (Å²) in [5.41, 5.74) is 0. The van der Waals surface area contributed by atoms with Gasteiger partial charge in [-0.15, -0.1) is 0 Å². The zero-order valence-corrected chi connectivity index (χ0v) is 11.4. The van der Waals surface area contributed by atoms with Crippen LogP contribution in [0.3, 0.4) is 0 Å². The number of halogens is 2. The van der Waals surface area contributed by atoms with Gasteiger partial charge in [0.05, 0.1) is 12.6 Å². The second-order valence-corrected chi connectivity index (χ2v) is 5.62. The second kappa shape index (κ2) is 6.13. The molecule has 2 aliphatic rings. The van der Waals surface area contributed by atoms with Crippen molar-refractivity contribution in [2.24, 2.45) is 0 Å². The summed E-state index contributed by atoms with van der Waals surface area (Å²) in [6, 6.07) is -0.597. The average molecular weight is 275 g/mol. The van der Waals surface area contributed by atoms with Gasteiger partial charge >= 0.3 is 0 Å². The van der Waals surface area contributed by atoms with Gasteiger partial charge in [-0.25, -0.2) is 8.78 Å². The third-order valence-corrected chi connectivity index (χ3v) is 3.90. The van der Waals surface area contributed by atoms with E-state index >= 15 is 0 Å². The number of likely N-dealkylation sites (tertiary alicyclic amines) is 1. The fraction of sp³-hybridized carbons (Fsp3) is 0.923. The molecular formula is C13H23F2N3O. The molecule has 2 aliphatic heterocycles. The Bertz CT molecular complexity index is 317. The summed E-state index contributed by atoms with van der Waals surface area (Å²) < 4.78 is 26.0. The smallest absolute Gasteiger partial charge is 0.262 e. The number of carbonyl (C=O) groups excluding carboxylic acids is 1. The summed E-state index contributed by atoms with van der Waals surface area (Å²) in [6.07, 6.45) is 2.58. The number of rotatable bonds is 4. The van der Waals surface area contributed by atoms with E-state index in [2.05, 4.69) is 22.5 Å². The highest BCUT2D eigenvalue weighted by atomic mass is 19.3. The van der Waals surface area contributed by atoms with Crippen LogP contribution >= 0.6 is 0 Å². The summed E-state index contributed by atoms with van der Waals surface area (Å²) in [4.78, 5) is 14.3. The van der Waals surface area contributed by atoms with Gasteiger partial charge in [0.2, 0.25) is 5.91 Å². The first-order valence-corrected chi connectivity index (χ1v) is 7.14. The van der Waals surface area contributed by atoms with Crippen LogP contribution < -0.4 is 10.6 Å². The molecule has 0 saturated carbocycles. The number of alkyl halides is 2. The molecule has 19 heavy (non-hydrogen) atoms. The zero-order valence-electron chi connectivity index (χ0n) is 11.4. The monoisotopic (exact) mass is 275 g/mol. The van der Waals surface area contributed by atoms with Crippen molar-refractivity contribution in [1.82, 2.24) is 15.5 Å². The average Bonchev–Trinajstić information content (AvgIpc) is 2.73. The third-order valence-electron chi connectivity index (χ3n) is 3.90. The van der Waals surface area contributed by atoms with E-state index in [0.29, 0.717) is 0 Å². The van der Waals surface area contributed by atoms with E-state index < -0.39 is 12.0 Å². The highest BCUT2D eigenvalue weighted by molar-refractivity contribution is 5.82. The van der Waals surface area contributed by atoms with Gasteiger partial charge in [-0.05, 0) is 25.8 Å².